The highest BCUT2D eigenvalue weighted by Crippen LogP contribution is 2.29. The van der Waals surface area contributed by atoms with Crippen molar-refractivity contribution in [2.24, 2.45) is 0 Å². The average Bonchev–Trinajstić information content (AvgIpc) is 2.81. The molecular formula is C16H21BrFN3. The van der Waals surface area contributed by atoms with Crippen molar-refractivity contribution >= 4 is 15.9 Å². The minimum absolute atomic E-state index is 0.00211. The van der Waals surface area contributed by atoms with Crippen molar-refractivity contribution in [3.8, 4) is 0 Å². The summed E-state index contributed by atoms with van der Waals surface area (Å²) in [6.07, 6.45) is 2.84. The first-order chi connectivity index (χ1) is 10.1. The van der Waals surface area contributed by atoms with Crippen LogP contribution in [0.4, 0.5) is 4.39 Å². The maximum Gasteiger partial charge on any atom is 0.126 e. The molecule has 3 nitrogen and oxygen atoms in total. The quantitative estimate of drug-likeness (QED) is 0.843. The van der Waals surface area contributed by atoms with Gasteiger partial charge in [0, 0.05) is 6.54 Å². The third kappa shape index (κ3) is 3.52. The number of aryl methyl sites for hydroxylation is 2. The maximum absolute atomic E-state index is 13.5. The van der Waals surface area contributed by atoms with Crippen molar-refractivity contribution in [2.45, 2.75) is 39.8 Å². The zero-order valence-electron chi connectivity index (χ0n) is 12.7. The number of benzene rings is 1. The fraction of sp³-hybridized carbons (Fsp3) is 0.438. The Hall–Kier alpha value is -1.20. The number of halogens is 2. The number of nitrogens with zero attached hydrogens (tertiary/aromatic N) is 2. The lowest BCUT2D eigenvalue weighted by Crippen LogP contribution is -2.25. The van der Waals surface area contributed by atoms with Gasteiger partial charge in [0.05, 0.1) is 22.4 Å². The van der Waals surface area contributed by atoms with Crippen LogP contribution in [-0.2, 0) is 6.54 Å². The van der Waals surface area contributed by atoms with E-state index >= 15 is 0 Å². The highest BCUT2D eigenvalue weighted by molar-refractivity contribution is 9.10. The van der Waals surface area contributed by atoms with Crippen LogP contribution in [0.25, 0.3) is 0 Å². The first-order valence-corrected chi connectivity index (χ1v) is 8.08. The van der Waals surface area contributed by atoms with Gasteiger partial charge >= 0.3 is 0 Å². The smallest absolute Gasteiger partial charge is 0.126 e. The minimum Gasteiger partial charge on any atom is -0.305 e. The Bertz CT molecular complexity index is 610. The lowest BCUT2D eigenvalue weighted by molar-refractivity contribution is 0.518. The third-order valence-electron chi connectivity index (χ3n) is 3.47. The van der Waals surface area contributed by atoms with Crippen molar-refractivity contribution < 1.29 is 4.39 Å². The molecule has 21 heavy (non-hydrogen) atoms. The fourth-order valence-corrected chi connectivity index (χ4v) is 3.00. The summed E-state index contributed by atoms with van der Waals surface area (Å²) in [5, 5.41) is 7.90. The molecule has 0 saturated carbocycles. The Kier molecular flexibility index (Phi) is 5.53. The van der Waals surface area contributed by atoms with Crippen LogP contribution < -0.4 is 5.32 Å². The summed E-state index contributed by atoms with van der Waals surface area (Å²) in [5.41, 5.74) is 2.80. The molecule has 1 aromatic carbocycles. The lowest BCUT2D eigenvalue weighted by Gasteiger charge is -2.21. The second kappa shape index (κ2) is 7.18. The van der Waals surface area contributed by atoms with Gasteiger partial charge in [-0.3, -0.25) is 4.68 Å². The van der Waals surface area contributed by atoms with Crippen LogP contribution in [0.5, 0.6) is 0 Å². The largest absolute Gasteiger partial charge is 0.305 e. The van der Waals surface area contributed by atoms with Crippen molar-refractivity contribution in [2.75, 3.05) is 6.54 Å². The molecule has 1 unspecified atom stereocenters. The van der Waals surface area contributed by atoms with E-state index in [0.29, 0.717) is 5.56 Å². The molecule has 2 rings (SSSR count). The van der Waals surface area contributed by atoms with Crippen LogP contribution in [0.3, 0.4) is 0 Å². The van der Waals surface area contributed by atoms with Crippen molar-refractivity contribution in [3.05, 3.63) is 51.5 Å². The summed E-state index contributed by atoms with van der Waals surface area (Å²) in [5.74, 6) is -0.171. The zero-order valence-corrected chi connectivity index (χ0v) is 14.2. The molecular weight excluding hydrogens is 333 g/mol. The molecule has 5 heteroatoms. The highest BCUT2D eigenvalue weighted by atomic mass is 79.9. The van der Waals surface area contributed by atoms with Crippen LogP contribution in [-0.4, -0.2) is 16.3 Å². The third-order valence-corrected chi connectivity index (χ3v) is 4.08. The summed E-state index contributed by atoms with van der Waals surface area (Å²) in [4.78, 5) is 0. The second-order valence-corrected chi connectivity index (χ2v) is 5.95. The molecule has 1 aromatic heterocycles. The Morgan fingerprint density at radius 3 is 2.76 bits per heavy atom. The van der Waals surface area contributed by atoms with Gasteiger partial charge in [-0.05, 0) is 53.0 Å². The second-order valence-electron chi connectivity index (χ2n) is 5.10. The van der Waals surface area contributed by atoms with Gasteiger partial charge in [-0.1, -0.05) is 26.0 Å². The predicted molar refractivity (Wildman–Crippen MR) is 86.9 cm³/mol. The van der Waals surface area contributed by atoms with Gasteiger partial charge in [-0.2, -0.15) is 5.10 Å². The fourth-order valence-electron chi connectivity index (χ4n) is 2.47. The SMILES string of the molecule is CCCn1ncc(Br)c1C(NCC)c1ccc(F)c(C)c1. The Morgan fingerprint density at radius 1 is 1.38 bits per heavy atom. The van der Waals surface area contributed by atoms with Gasteiger partial charge in [0.25, 0.3) is 0 Å². The van der Waals surface area contributed by atoms with E-state index in [9.17, 15) is 4.39 Å². The topological polar surface area (TPSA) is 29.9 Å². The van der Waals surface area contributed by atoms with Crippen molar-refractivity contribution in [1.82, 2.24) is 15.1 Å². The average molecular weight is 354 g/mol. The van der Waals surface area contributed by atoms with E-state index in [4.69, 9.17) is 0 Å². The van der Waals surface area contributed by atoms with Crippen LogP contribution in [0.2, 0.25) is 0 Å². The van der Waals surface area contributed by atoms with Crippen molar-refractivity contribution in [1.29, 1.82) is 0 Å². The van der Waals surface area contributed by atoms with Gasteiger partial charge in [0.1, 0.15) is 5.82 Å². The molecule has 1 atom stereocenters. The summed E-state index contributed by atoms with van der Waals surface area (Å²) < 4.78 is 16.5. The Morgan fingerprint density at radius 2 is 2.14 bits per heavy atom. The van der Waals surface area contributed by atoms with Crippen LogP contribution in [0.15, 0.2) is 28.9 Å². The van der Waals surface area contributed by atoms with Crippen LogP contribution in [0, 0.1) is 12.7 Å². The molecule has 2 aromatic rings. The molecule has 0 aliphatic carbocycles. The van der Waals surface area contributed by atoms with E-state index in [2.05, 4.69) is 40.2 Å². The molecule has 0 bridgehead atoms. The summed E-state index contributed by atoms with van der Waals surface area (Å²) in [7, 11) is 0. The van der Waals surface area contributed by atoms with E-state index in [1.165, 1.54) is 6.07 Å². The van der Waals surface area contributed by atoms with Crippen LogP contribution in [0.1, 0.15) is 43.1 Å². The standard InChI is InChI=1S/C16H21BrFN3/c1-4-8-21-16(13(17)10-20-21)15(19-5-2)12-6-7-14(18)11(3)9-12/h6-7,9-10,15,19H,4-5,8H2,1-3H3. The van der Waals surface area contributed by atoms with Crippen LogP contribution >= 0.6 is 15.9 Å². The molecule has 0 spiro atoms. The molecule has 0 amide bonds. The summed E-state index contributed by atoms with van der Waals surface area (Å²) in [6.45, 7) is 7.68. The van der Waals surface area contributed by atoms with E-state index in [0.717, 1.165) is 35.2 Å². The van der Waals surface area contributed by atoms with Gasteiger partial charge < -0.3 is 5.32 Å². The maximum atomic E-state index is 13.5. The summed E-state index contributed by atoms with van der Waals surface area (Å²) in [6, 6.07) is 5.27. The Labute approximate surface area is 133 Å². The zero-order chi connectivity index (χ0) is 15.4. The van der Waals surface area contributed by atoms with Gasteiger partial charge in [-0.15, -0.1) is 0 Å². The minimum atomic E-state index is -0.171. The molecule has 0 aliphatic heterocycles. The van der Waals surface area contributed by atoms with E-state index in [1.54, 1.807) is 6.92 Å². The molecule has 114 valence electrons. The number of nitrogens with one attached hydrogen (secondary N) is 1. The van der Waals surface area contributed by atoms with E-state index in [1.807, 2.05) is 23.0 Å². The molecule has 0 fully saturated rings. The summed E-state index contributed by atoms with van der Waals surface area (Å²) >= 11 is 3.59. The highest BCUT2D eigenvalue weighted by Gasteiger charge is 2.21. The normalized spacial score (nSPS) is 12.6. The molecule has 0 saturated heterocycles. The van der Waals surface area contributed by atoms with Crippen molar-refractivity contribution in [3.63, 3.8) is 0 Å². The van der Waals surface area contributed by atoms with E-state index < -0.39 is 0 Å². The molecule has 0 aliphatic rings. The number of hydrogen-bond acceptors (Lipinski definition) is 2. The molecule has 1 N–H and O–H groups in total. The first-order valence-electron chi connectivity index (χ1n) is 7.29. The first kappa shape index (κ1) is 16.2. The van der Waals surface area contributed by atoms with Gasteiger partial charge in [0.2, 0.25) is 0 Å². The predicted octanol–water partition coefficient (Wildman–Crippen LogP) is 4.20. The van der Waals surface area contributed by atoms with E-state index in [-0.39, 0.29) is 11.9 Å². The number of rotatable bonds is 6. The number of aromatic nitrogens is 2. The monoisotopic (exact) mass is 353 g/mol. The molecule has 0 radical (unpaired) electrons. The Balaban J connectivity index is 2.47. The van der Waals surface area contributed by atoms with Gasteiger partial charge in [-0.25, -0.2) is 4.39 Å². The lowest BCUT2D eigenvalue weighted by atomic mass is 10.0. The van der Waals surface area contributed by atoms with Gasteiger partial charge in [0.15, 0.2) is 0 Å². The number of hydrogen-bond donors (Lipinski definition) is 1. The molecule has 1 heterocycles.